The summed E-state index contributed by atoms with van der Waals surface area (Å²) in [6, 6.07) is 6.41. The molecule has 0 saturated carbocycles. The van der Waals surface area contributed by atoms with Crippen LogP contribution in [-0.4, -0.2) is 25.2 Å². The molecule has 0 fully saturated rings. The minimum Gasteiger partial charge on any atom is -0.494 e. The molecule has 1 N–H and O–H groups in total. The number of nitrogens with zero attached hydrogens (tertiary/aromatic N) is 1. The summed E-state index contributed by atoms with van der Waals surface area (Å²) in [6.07, 6.45) is 0.977. The van der Waals surface area contributed by atoms with E-state index in [2.05, 4.69) is 49.7 Å². The maximum atomic E-state index is 5.79. The first-order chi connectivity index (χ1) is 10.5. The molecular weight excluding hydrogens is 292 g/mol. The van der Waals surface area contributed by atoms with Crippen molar-refractivity contribution in [3.63, 3.8) is 0 Å². The molecule has 0 aliphatic rings. The summed E-state index contributed by atoms with van der Waals surface area (Å²) in [5.41, 5.74) is 3.51. The molecule has 0 aliphatic heterocycles. The highest BCUT2D eigenvalue weighted by Gasteiger charge is 2.20. The van der Waals surface area contributed by atoms with E-state index in [0.29, 0.717) is 6.61 Å². The van der Waals surface area contributed by atoms with Crippen LogP contribution in [0.2, 0.25) is 0 Å². The van der Waals surface area contributed by atoms with Crippen LogP contribution in [-0.2, 0) is 11.8 Å². The molecule has 0 radical (unpaired) electrons. The van der Waals surface area contributed by atoms with Gasteiger partial charge in [0, 0.05) is 29.5 Å². The molecule has 120 valence electrons. The van der Waals surface area contributed by atoms with Gasteiger partial charge in [0.1, 0.15) is 5.75 Å². The van der Waals surface area contributed by atoms with Crippen LogP contribution in [0, 0.1) is 0 Å². The zero-order valence-electron chi connectivity index (χ0n) is 14.2. The van der Waals surface area contributed by atoms with Gasteiger partial charge in [-0.3, -0.25) is 0 Å². The van der Waals surface area contributed by atoms with Crippen LogP contribution in [0.4, 0.5) is 0 Å². The lowest BCUT2D eigenvalue weighted by Crippen LogP contribution is -2.13. The summed E-state index contributed by atoms with van der Waals surface area (Å²) in [5, 5.41) is 6.49. The third-order valence-corrected chi connectivity index (χ3v) is 4.43. The number of likely N-dealkylation sites (N-methyl/N-ethyl adjacent to an activating group) is 1. The van der Waals surface area contributed by atoms with Crippen LogP contribution in [0.3, 0.4) is 0 Å². The van der Waals surface area contributed by atoms with Crippen LogP contribution in [0.15, 0.2) is 23.6 Å². The average Bonchev–Trinajstić information content (AvgIpc) is 2.93. The fourth-order valence-electron chi connectivity index (χ4n) is 2.35. The first-order valence-corrected chi connectivity index (χ1v) is 8.70. The standard InChI is InChI=1S/C18H26N2OS/c1-6-21-16-8-7-13(11-14(16)18(2,3)4)15-12-22-17(20-15)9-10-19-5/h7-8,11-12,19H,6,9-10H2,1-5H3. The fraction of sp³-hybridized carbons (Fsp3) is 0.500. The van der Waals surface area contributed by atoms with E-state index in [-0.39, 0.29) is 5.41 Å². The highest BCUT2D eigenvalue weighted by molar-refractivity contribution is 7.09. The Hall–Kier alpha value is -1.39. The Morgan fingerprint density at radius 1 is 1.27 bits per heavy atom. The molecule has 0 atom stereocenters. The number of hydrogen-bond donors (Lipinski definition) is 1. The molecule has 1 aromatic carbocycles. The Balaban J connectivity index is 2.33. The molecule has 1 heterocycles. The van der Waals surface area contributed by atoms with Gasteiger partial charge in [-0.25, -0.2) is 4.98 Å². The Kier molecular flexibility index (Phi) is 5.59. The van der Waals surface area contributed by atoms with Crippen LogP contribution >= 0.6 is 11.3 Å². The first kappa shape index (κ1) is 17.0. The van der Waals surface area contributed by atoms with Crippen LogP contribution < -0.4 is 10.1 Å². The first-order valence-electron chi connectivity index (χ1n) is 7.82. The molecule has 1 aromatic heterocycles. The Bertz CT molecular complexity index is 614. The molecule has 3 nitrogen and oxygen atoms in total. The summed E-state index contributed by atoms with van der Waals surface area (Å²) >= 11 is 1.73. The third-order valence-electron chi connectivity index (χ3n) is 3.52. The van der Waals surface area contributed by atoms with Crippen molar-refractivity contribution in [2.24, 2.45) is 0 Å². The molecule has 0 aliphatic carbocycles. The monoisotopic (exact) mass is 318 g/mol. The highest BCUT2D eigenvalue weighted by atomic mass is 32.1. The fourth-order valence-corrected chi connectivity index (χ4v) is 3.15. The second kappa shape index (κ2) is 7.25. The van der Waals surface area contributed by atoms with E-state index in [1.165, 1.54) is 16.1 Å². The van der Waals surface area contributed by atoms with Gasteiger partial charge in [0.05, 0.1) is 17.3 Å². The average molecular weight is 318 g/mol. The quantitative estimate of drug-likeness (QED) is 0.864. The molecule has 0 saturated heterocycles. The molecular formula is C18H26N2OS. The predicted octanol–water partition coefficient (Wildman–Crippen LogP) is 4.27. The summed E-state index contributed by atoms with van der Waals surface area (Å²) in [4.78, 5) is 4.75. The minimum atomic E-state index is 0.0471. The number of benzene rings is 1. The van der Waals surface area contributed by atoms with Gasteiger partial charge in [-0.05, 0) is 37.6 Å². The molecule has 0 amide bonds. The smallest absolute Gasteiger partial charge is 0.123 e. The van der Waals surface area contributed by atoms with Crippen molar-refractivity contribution in [1.29, 1.82) is 0 Å². The lowest BCUT2D eigenvalue weighted by molar-refractivity contribution is 0.330. The van der Waals surface area contributed by atoms with Crippen molar-refractivity contribution in [1.82, 2.24) is 10.3 Å². The van der Waals surface area contributed by atoms with Crippen molar-refractivity contribution in [3.8, 4) is 17.0 Å². The number of nitrogens with one attached hydrogen (secondary N) is 1. The number of ether oxygens (including phenoxy) is 1. The second-order valence-corrected chi connectivity index (χ2v) is 7.32. The molecule has 0 spiro atoms. The van der Waals surface area contributed by atoms with Crippen molar-refractivity contribution in [2.45, 2.75) is 39.5 Å². The van der Waals surface area contributed by atoms with E-state index in [1.807, 2.05) is 14.0 Å². The van der Waals surface area contributed by atoms with Crippen molar-refractivity contribution in [3.05, 3.63) is 34.2 Å². The normalized spacial score (nSPS) is 11.7. The van der Waals surface area contributed by atoms with Gasteiger partial charge in [0.2, 0.25) is 0 Å². The van der Waals surface area contributed by atoms with E-state index >= 15 is 0 Å². The van der Waals surface area contributed by atoms with Gasteiger partial charge in [-0.2, -0.15) is 0 Å². The summed E-state index contributed by atoms with van der Waals surface area (Å²) in [5.74, 6) is 0.976. The molecule has 2 rings (SSSR count). The van der Waals surface area contributed by atoms with Gasteiger partial charge < -0.3 is 10.1 Å². The Morgan fingerprint density at radius 3 is 2.68 bits per heavy atom. The van der Waals surface area contributed by atoms with Crippen molar-refractivity contribution in [2.75, 3.05) is 20.2 Å². The second-order valence-electron chi connectivity index (χ2n) is 6.37. The maximum absolute atomic E-state index is 5.79. The lowest BCUT2D eigenvalue weighted by atomic mass is 9.85. The number of aromatic nitrogens is 1. The molecule has 0 unspecified atom stereocenters. The largest absolute Gasteiger partial charge is 0.494 e. The third kappa shape index (κ3) is 4.08. The Labute approximate surface area is 137 Å². The molecule has 0 bridgehead atoms. The van der Waals surface area contributed by atoms with Crippen LogP contribution in [0.25, 0.3) is 11.3 Å². The summed E-state index contributed by atoms with van der Waals surface area (Å²) in [6.45, 7) is 10.3. The highest BCUT2D eigenvalue weighted by Crippen LogP contribution is 2.35. The number of thiazole rings is 1. The predicted molar refractivity (Wildman–Crippen MR) is 95.0 cm³/mol. The molecule has 2 aromatic rings. The number of rotatable bonds is 6. The zero-order valence-corrected chi connectivity index (χ0v) is 15.0. The van der Waals surface area contributed by atoms with Gasteiger partial charge >= 0.3 is 0 Å². The topological polar surface area (TPSA) is 34.1 Å². The van der Waals surface area contributed by atoms with Crippen molar-refractivity contribution < 1.29 is 4.74 Å². The minimum absolute atomic E-state index is 0.0471. The van der Waals surface area contributed by atoms with Crippen molar-refractivity contribution >= 4 is 11.3 Å². The van der Waals surface area contributed by atoms with Crippen LogP contribution in [0.5, 0.6) is 5.75 Å². The lowest BCUT2D eigenvalue weighted by Gasteiger charge is -2.23. The van der Waals surface area contributed by atoms with Gasteiger partial charge in [-0.1, -0.05) is 20.8 Å². The summed E-state index contributed by atoms with van der Waals surface area (Å²) < 4.78 is 5.79. The van der Waals surface area contributed by atoms with E-state index in [9.17, 15) is 0 Å². The van der Waals surface area contributed by atoms with Gasteiger partial charge in [-0.15, -0.1) is 11.3 Å². The number of hydrogen-bond acceptors (Lipinski definition) is 4. The van der Waals surface area contributed by atoms with E-state index < -0.39 is 0 Å². The maximum Gasteiger partial charge on any atom is 0.123 e. The van der Waals surface area contributed by atoms with Gasteiger partial charge in [0.15, 0.2) is 0 Å². The SMILES string of the molecule is CCOc1ccc(-c2csc(CCNC)n2)cc1C(C)(C)C. The summed E-state index contributed by atoms with van der Waals surface area (Å²) in [7, 11) is 1.97. The van der Waals surface area contributed by atoms with Gasteiger partial charge in [0.25, 0.3) is 0 Å². The van der Waals surface area contributed by atoms with E-state index in [0.717, 1.165) is 24.4 Å². The molecule has 4 heteroatoms. The van der Waals surface area contributed by atoms with E-state index in [1.54, 1.807) is 11.3 Å². The Morgan fingerprint density at radius 2 is 2.05 bits per heavy atom. The van der Waals surface area contributed by atoms with E-state index in [4.69, 9.17) is 9.72 Å². The molecule has 22 heavy (non-hydrogen) atoms. The van der Waals surface area contributed by atoms with Crippen LogP contribution in [0.1, 0.15) is 38.3 Å². The zero-order chi connectivity index (χ0) is 16.2.